The highest BCUT2D eigenvalue weighted by Crippen LogP contribution is 2.34. The Kier molecular flexibility index (Phi) is 8.47. The molecule has 4 aromatic rings. The topological polar surface area (TPSA) is 126 Å². The van der Waals surface area contributed by atoms with E-state index < -0.39 is 48.1 Å². The van der Waals surface area contributed by atoms with E-state index in [4.69, 9.17) is 31.2 Å². The molecule has 1 aliphatic heterocycles. The van der Waals surface area contributed by atoms with Crippen LogP contribution in [0.25, 0.3) is 0 Å². The molecule has 1 aliphatic rings. The van der Waals surface area contributed by atoms with Crippen LogP contribution in [-0.2, 0) is 18.9 Å². The molecule has 4 atom stereocenters. The van der Waals surface area contributed by atoms with E-state index in [1.54, 1.807) is 91.0 Å². The van der Waals surface area contributed by atoms with Gasteiger partial charge in [-0.2, -0.15) is 0 Å². The molecule has 4 unspecified atom stereocenters. The Morgan fingerprint density at radius 2 is 1.22 bits per heavy atom. The molecule has 1 aromatic heterocycles. The van der Waals surface area contributed by atoms with E-state index >= 15 is 0 Å². The number of H-pyrrole nitrogens is 1. The minimum atomic E-state index is -1.31. The number of carbonyl (C=O) groups is 3. The Morgan fingerprint density at radius 3 is 1.73 bits per heavy atom. The summed E-state index contributed by atoms with van der Waals surface area (Å²) < 4.78 is 24.6. The third kappa shape index (κ3) is 6.48. The largest absolute Gasteiger partial charge is 0.459 e. The molecule has 0 bridgehead atoms. The molecule has 3 aromatic carbocycles. The fraction of sp³-hybridized carbons (Fsp3) is 0.167. The number of ether oxygens (including phenoxy) is 4. The van der Waals surface area contributed by atoms with Crippen molar-refractivity contribution in [2.24, 2.45) is 0 Å². The Balaban J connectivity index is 1.50. The molecule has 10 nitrogen and oxygen atoms in total. The first kappa shape index (κ1) is 27.7. The molecule has 1 N–H and O–H groups in total. The maximum absolute atomic E-state index is 13.2. The van der Waals surface area contributed by atoms with Crippen molar-refractivity contribution in [2.45, 2.75) is 24.5 Å². The van der Waals surface area contributed by atoms with Crippen molar-refractivity contribution in [3.05, 3.63) is 135 Å². The number of nitrogens with zero attached hydrogens (tertiary/aromatic N) is 1. The lowest BCUT2D eigenvalue weighted by Gasteiger charge is -2.25. The van der Waals surface area contributed by atoms with Crippen LogP contribution in [0.15, 0.2) is 108 Å². The molecule has 11 heteroatoms. The Morgan fingerprint density at radius 1 is 0.732 bits per heavy atom. The first-order valence-corrected chi connectivity index (χ1v) is 13.0. The molecular weight excluding hydrogens is 548 g/mol. The number of nitrogens with one attached hydrogen (secondary N) is 1. The van der Waals surface area contributed by atoms with Crippen LogP contribution >= 0.6 is 12.2 Å². The summed E-state index contributed by atoms with van der Waals surface area (Å²) in [6.45, 7) is -0.367. The van der Waals surface area contributed by atoms with E-state index in [0.717, 1.165) is 4.57 Å². The van der Waals surface area contributed by atoms with Crippen LogP contribution in [0.5, 0.6) is 0 Å². The van der Waals surface area contributed by atoms with Crippen molar-refractivity contribution in [3.8, 4) is 0 Å². The zero-order valence-electron chi connectivity index (χ0n) is 21.5. The first-order chi connectivity index (χ1) is 19.9. The summed E-state index contributed by atoms with van der Waals surface area (Å²) in [5, 5.41) is 0. The van der Waals surface area contributed by atoms with Crippen LogP contribution in [0.4, 0.5) is 0 Å². The lowest BCUT2D eigenvalue weighted by Crippen LogP contribution is -2.42. The summed E-state index contributed by atoms with van der Waals surface area (Å²) in [7, 11) is 0. The molecule has 41 heavy (non-hydrogen) atoms. The van der Waals surface area contributed by atoms with E-state index in [1.165, 1.54) is 12.3 Å². The number of aromatic amines is 1. The number of rotatable bonds is 8. The average Bonchev–Trinajstić information content (AvgIpc) is 3.33. The SMILES string of the molecule is O=C(OCC1OC(n2ccc(=S)[nH]c2=O)C(OC(=O)c2ccccc2)C1OC(=O)c1ccccc1)c1ccccc1. The summed E-state index contributed by atoms with van der Waals surface area (Å²) in [5.74, 6) is -2.09. The van der Waals surface area contributed by atoms with Crippen LogP contribution in [-0.4, -0.2) is 52.4 Å². The van der Waals surface area contributed by atoms with E-state index in [-0.39, 0.29) is 22.4 Å². The summed E-state index contributed by atoms with van der Waals surface area (Å²) in [5.41, 5.74) is 0.139. The van der Waals surface area contributed by atoms with E-state index in [1.807, 2.05) is 0 Å². The lowest BCUT2D eigenvalue weighted by molar-refractivity contribution is -0.0639. The molecule has 0 saturated carbocycles. The van der Waals surface area contributed by atoms with Gasteiger partial charge < -0.3 is 18.9 Å². The first-order valence-electron chi connectivity index (χ1n) is 12.6. The Labute approximate surface area is 239 Å². The molecule has 2 heterocycles. The zero-order chi connectivity index (χ0) is 28.8. The van der Waals surface area contributed by atoms with Crippen molar-refractivity contribution < 1.29 is 33.3 Å². The minimum Gasteiger partial charge on any atom is -0.459 e. The quantitative estimate of drug-likeness (QED) is 0.189. The van der Waals surface area contributed by atoms with Crippen molar-refractivity contribution in [3.63, 3.8) is 0 Å². The normalized spacial score (nSPS) is 19.7. The van der Waals surface area contributed by atoms with Crippen molar-refractivity contribution in [1.29, 1.82) is 0 Å². The van der Waals surface area contributed by atoms with Gasteiger partial charge in [-0.25, -0.2) is 19.2 Å². The van der Waals surface area contributed by atoms with Gasteiger partial charge in [-0.15, -0.1) is 0 Å². The molecular formula is C30H24N2O8S. The molecule has 0 aliphatic carbocycles. The number of benzene rings is 3. The second-order valence-corrected chi connectivity index (χ2v) is 9.46. The summed E-state index contributed by atoms with van der Waals surface area (Å²) in [4.78, 5) is 54.4. The average molecular weight is 573 g/mol. The predicted molar refractivity (Wildman–Crippen MR) is 148 cm³/mol. The van der Waals surface area contributed by atoms with Gasteiger partial charge in [0.2, 0.25) is 0 Å². The number of esters is 3. The third-order valence-corrected chi connectivity index (χ3v) is 6.54. The smallest absolute Gasteiger partial charge is 0.338 e. The molecule has 1 fully saturated rings. The second-order valence-electron chi connectivity index (χ2n) is 9.02. The highest BCUT2D eigenvalue weighted by atomic mass is 32.1. The number of hydrogen-bond acceptors (Lipinski definition) is 9. The standard InChI is InChI=1S/C30H24N2O8S/c33-27(19-10-4-1-5-11-19)37-18-22-24(39-28(34)20-12-6-2-7-13-20)25(40-29(35)21-14-8-3-9-15-21)26(38-22)32-17-16-23(41)31-30(32)36/h1-17,22,24-26H,18H2,(H,31,36,41). The van der Waals surface area contributed by atoms with Crippen molar-refractivity contribution in [2.75, 3.05) is 6.61 Å². The fourth-order valence-corrected chi connectivity index (χ4v) is 4.46. The monoisotopic (exact) mass is 572 g/mol. The number of hydrogen-bond donors (Lipinski definition) is 1. The summed E-state index contributed by atoms with van der Waals surface area (Å²) >= 11 is 5.05. The molecule has 5 rings (SSSR count). The van der Waals surface area contributed by atoms with Gasteiger partial charge in [0, 0.05) is 6.20 Å². The zero-order valence-corrected chi connectivity index (χ0v) is 22.3. The Bertz CT molecular complexity index is 1640. The second kappa shape index (κ2) is 12.5. The van der Waals surface area contributed by atoms with Gasteiger partial charge in [0.15, 0.2) is 18.4 Å². The summed E-state index contributed by atoms with van der Waals surface area (Å²) in [6.07, 6.45) is -3.55. The van der Waals surface area contributed by atoms with Crippen LogP contribution in [0.3, 0.4) is 0 Å². The van der Waals surface area contributed by atoms with Crippen LogP contribution in [0.1, 0.15) is 37.3 Å². The highest BCUT2D eigenvalue weighted by Gasteiger charge is 2.51. The summed E-state index contributed by atoms with van der Waals surface area (Å²) in [6, 6.07) is 26.2. The molecule has 0 radical (unpaired) electrons. The van der Waals surface area contributed by atoms with E-state index in [9.17, 15) is 19.2 Å². The third-order valence-electron chi connectivity index (χ3n) is 6.30. The lowest BCUT2D eigenvalue weighted by atomic mass is 10.1. The minimum absolute atomic E-state index is 0.183. The molecule has 1 saturated heterocycles. The van der Waals surface area contributed by atoms with Gasteiger partial charge in [-0.05, 0) is 42.5 Å². The van der Waals surface area contributed by atoms with Gasteiger partial charge in [-0.3, -0.25) is 9.55 Å². The maximum atomic E-state index is 13.2. The Hall–Kier alpha value is -4.87. The van der Waals surface area contributed by atoms with Gasteiger partial charge in [0.25, 0.3) is 0 Å². The van der Waals surface area contributed by atoms with Crippen molar-refractivity contribution in [1.82, 2.24) is 9.55 Å². The molecule has 0 spiro atoms. The van der Waals surface area contributed by atoms with Gasteiger partial charge in [-0.1, -0.05) is 66.8 Å². The predicted octanol–water partition coefficient (Wildman–Crippen LogP) is 4.11. The van der Waals surface area contributed by atoms with Gasteiger partial charge in [0.05, 0.1) is 16.7 Å². The van der Waals surface area contributed by atoms with E-state index in [2.05, 4.69) is 4.98 Å². The fourth-order valence-electron chi connectivity index (χ4n) is 4.31. The number of carbonyl (C=O) groups excluding carboxylic acids is 3. The maximum Gasteiger partial charge on any atom is 0.338 e. The molecule has 0 amide bonds. The van der Waals surface area contributed by atoms with Crippen LogP contribution in [0, 0.1) is 4.64 Å². The van der Waals surface area contributed by atoms with Crippen molar-refractivity contribution >= 4 is 30.1 Å². The number of aromatic nitrogens is 2. The van der Waals surface area contributed by atoms with Gasteiger partial charge >= 0.3 is 23.6 Å². The van der Waals surface area contributed by atoms with Crippen LogP contribution < -0.4 is 5.69 Å². The van der Waals surface area contributed by atoms with Crippen LogP contribution in [0.2, 0.25) is 0 Å². The highest BCUT2D eigenvalue weighted by molar-refractivity contribution is 7.71. The van der Waals surface area contributed by atoms with E-state index in [0.29, 0.717) is 5.56 Å². The molecule has 208 valence electrons. The van der Waals surface area contributed by atoms with Gasteiger partial charge in [0.1, 0.15) is 17.4 Å².